The first-order valence-electron chi connectivity index (χ1n) is 9.38. The third-order valence-corrected chi connectivity index (χ3v) is 6.00. The van der Waals surface area contributed by atoms with E-state index in [1.807, 2.05) is 0 Å². The summed E-state index contributed by atoms with van der Waals surface area (Å²) in [5, 5.41) is 15.1. The van der Waals surface area contributed by atoms with E-state index in [0.717, 1.165) is 28.2 Å². The van der Waals surface area contributed by atoms with Crippen molar-refractivity contribution in [3.8, 4) is 0 Å². The molecule has 4 rings (SSSR count). The minimum Gasteiger partial charge on any atom is -0.481 e. The van der Waals surface area contributed by atoms with Gasteiger partial charge in [0.15, 0.2) is 0 Å². The van der Waals surface area contributed by atoms with E-state index in [1.165, 1.54) is 6.07 Å². The maximum Gasteiger partial charge on any atom is 0.416 e. The molecule has 2 heterocycles. The molecule has 4 aromatic rings. The molecular formula is C22H20F3N3O3S. The van der Waals surface area contributed by atoms with E-state index >= 15 is 0 Å². The molecule has 1 N–H and O–H groups in total. The van der Waals surface area contributed by atoms with Crippen molar-refractivity contribution in [1.82, 2.24) is 14.8 Å². The standard InChI is InChI=1S/C21H16F3N3O3S.CH4/c1-2-12(20(29)30)18-13-5-3-4-6-14(13)19(28)27(26-18)10-17-25-15-9-11(21(22,23)24)7-8-16(15)31-17;/h3-9,12H,2,10H2,1H3,(H,29,30);1H4. The summed E-state index contributed by atoms with van der Waals surface area (Å²) in [4.78, 5) is 28.9. The Hall–Kier alpha value is -3.27. The van der Waals surface area contributed by atoms with Crippen LogP contribution in [0.4, 0.5) is 13.2 Å². The number of alkyl halides is 3. The van der Waals surface area contributed by atoms with Crippen molar-refractivity contribution in [2.24, 2.45) is 0 Å². The van der Waals surface area contributed by atoms with Crippen LogP contribution < -0.4 is 5.56 Å². The number of hydrogen-bond donors (Lipinski definition) is 1. The maximum absolute atomic E-state index is 13.0. The van der Waals surface area contributed by atoms with Crippen LogP contribution in [0.1, 0.15) is 43.0 Å². The Bertz CT molecular complexity index is 1360. The highest BCUT2D eigenvalue weighted by atomic mass is 32.1. The number of aromatic nitrogens is 3. The highest BCUT2D eigenvalue weighted by Gasteiger charge is 2.31. The van der Waals surface area contributed by atoms with Crippen molar-refractivity contribution in [3.05, 3.63) is 69.1 Å². The van der Waals surface area contributed by atoms with Crippen LogP contribution in [0, 0.1) is 0 Å². The van der Waals surface area contributed by atoms with Crippen molar-refractivity contribution in [3.63, 3.8) is 0 Å². The smallest absolute Gasteiger partial charge is 0.416 e. The first-order chi connectivity index (χ1) is 14.7. The lowest BCUT2D eigenvalue weighted by molar-refractivity contribution is -0.139. The van der Waals surface area contributed by atoms with Gasteiger partial charge in [0.2, 0.25) is 0 Å². The Morgan fingerprint density at radius 3 is 2.50 bits per heavy atom. The number of nitrogens with zero attached hydrogens (tertiary/aromatic N) is 3. The minimum atomic E-state index is -4.48. The molecule has 10 heteroatoms. The topological polar surface area (TPSA) is 85.1 Å². The van der Waals surface area contributed by atoms with Crippen LogP contribution in [0.3, 0.4) is 0 Å². The van der Waals surface area contributed by atoms with E-state index in [2.05, 4.69) is 10.1 Å². The second kappa shape index (κ2) is 8.70. The van der Waals surface area contributed by atoms with Crippen LogP contribution in [0.15, 0.2) is 47.3 Å². The van der Waals surface area contributed by atoms with Crippen LogP contribution in [-0.2, 0) is 17.5 Å². The molecule has 0 amide bonds. The van der Waals surface area contributed by atoms with E-state index in [1.54, 1.807) is 31.2 Å². The van der Waals surface area contributed by atoms with Gasteiger partial charge in [-0.1, -0.05) is 32.5 Å². The Morgan fingerprint density at radius 1 is 1.19 bits per heavy atom. The molecule has 1 atom stereocenters. The van der Waals surface area contributed by atoms with Crippen LogP contribution in [0.5, 0.6) is 0 Å². The molecule has 0 bridgehead atoms. The molecule has 0 spiro atoms. The molecule has 0 aliphatic carbocycles. The van der Waals surface area contributed by atoms with Crippen molar-refractivity contribution < 1.29 is 23.1 Å². The summed E-state index contributed by atoms with van der Waals surface area (Å²) < 4.78 is 40.6. The summed E-state index contributed by atoms with van der Waals surface area (Å²) in [6.07, 6.45) is -4.19. The summed E-state index contributed by atoms with van der Waals surface area (Å²) in [5.74, 6) is -1.95. The molecule has 0 fully saturated rings. The second-order valence-electron chi connectivity index (χ2n) is 6.98. The number of hydrogen-bond acceptors (Lipinski definition) is 5. The van der Waals surface area contributed by atoms with Gasteiger partial charge in [0.05, 0.1) is 33.4 Å². The predicted molar refractivity (Wildman–Crippen MR) is 117 cm³/mol. The predicted octanol–water partition coefficient (Wildman–Crippen LogP) is 5.29. The van der Waals surface area contributed by atoms with Gasteiger partial charge in [0.1, 0.15) is 10.9 Å². The average molecular weight is 463 g/mol. The molecule has 6 nitrogen and oxygen atoms in total. The Balaban J connectivity index is 0.00000289. The van der Waals surface area contributed by atoms with E-state index in [4.69, 9.17) is 0 Å². The molecule has 1 unspecified atom stereocenters. The first kappa shape index (κ1) is 23.4. The van der Waals surface area contributed by atoms with Crippen LogP contribution in [-0.4, -0.2) is 25.8 Å². The Morgan fingerprint density at radius 2 is 1.88 bits per heavy atom. The summed E-state index contributed by atoms with van der Waals surface area (Å²) in [7, 11) is 0. The van der Waals surface area contributed by atoms with Gasteiger partial charge >= 0.3 is 12.1 Å². The fourth-order valence-electron chi connectivity index (χ4n) is 3.46. The van der Waals surface area contributed by atoms with Gasteiger partial charge in [-0.15, -0.1) is 11.3 Å². The number of aliphatic carboxylic acids is 1. The summed E-state index contributed by atoms with van der Waals surface area (Å²) in [5.41, 5.74) is -0.770. The molecule has 2 aromatic heterocycles. The van der Waals surface area contributed by atoms with Gasteiger partial charge in [0.25, 0.3) is 5.56 Å². The minimum absolute atomic E-state index is 0. The molecular weight excluding hydrogens is 443 g/mol. The number of halogens is 3. The molecule has 32 heavy (non-hydrogen) atoms. The van der Waals surface area contributed by atoms with E-state index in [-0.39, 0.29) is 31.6 Å². The van der Waals surface area contributed by atoms with Crippen molar-refractivity contribution in [2.45, 2.75) is 39.4 Å². The van der Waals surface area contributed by atoms with Gasteiger partial charge in [0, 0.05) is 5.39 Å². The number of carboxylic acid groups (broad SMARTS) is 1. The van der Waals surface area contributed by atoms with Crippen molar-refractivity contribution in [1.29, 1.82) is 0 Å². The van der Waals surface area contributed by atoms with Gasteiger partial charge < -0.3 is 5.11 Å². The number of fused-ring (bicyclic) bond motifs is 2. The lowest BCUT2D eigenvalue weighted by Crippen LogP contribution is -2.27. The third-order valence-electron chi connectivity index (χ3n) is 4.98. The van der Waals surface area contributed by atoms with Crippen LogP contribution in [0.25, 0.3) is 21.0 Å². The number of thiazole rings is 1. The van der Waals surface area contributed by atoms with Crippen molar-refractivity contribution in [2.75, 3.05) is 0 Å². The van der Waals surface area contributed by atoms with Crippen molar-refractivity contribution >= 4 is 38.3 Å². The normalized spacial score (nSPS) is 12.6. The molecule has 0 aliphatic heterocycles. The van der Waals surface area contributed by atoms with E-state index in [0.29, 0.717) is 20.5 Å². The zero-order valence-electron chi connectivity index (χ0n) is 16.2. The van der Waals surface area contributed by atoms with Gasteiger partial charge in [-0.3, -0.25) is 9.59 Å². The van der Waals surface area contributed by atoms with E-state index < -0.39 is 29.2 Å². The molecule has 168 valence electrons. The summed E-state index contributed by atoms with van der Waals surface area (Å²) >= 11 is 1.16. The fourth-order valence-corrected chi connectivity index (χ4v) is 4.39. The quantitative estimate of drug-likeness (QED) is 0.435. The van der Waals surface area contributed by atoms with Gasteiger partial charge in [-0.25, -0.2) is 9.67 Å². The fraction of sp³-hybridized carbons (Fsp3) is 0.273. The lowest BCUT2D eigenvalue weighted by Gasteiger charge is -2.14. The Labute approximate surface area is 185 Å². The van der Waals surface area contributed by atoms with Gasteiger partial charge in [-0.2, -0.15) is 18.3 Å². The number of benzene rings is 2. The van der Waals surface area contributed by atoms with Crippen LogP contribution >= 0.6 is 11.3 Å². The second-order valence-corrected chi connectivity index (χ2v) is 8.10. The number of carboxylic acids is 1. The highest BCUT2D eigenvalue weighted by Crippen LogP contribution is 2.33. The molecule has 2 aromatic carbocycles. The SMILES string of the molecule is C.CCC(C(=O)O)c1nn(Cc2nc3cc(C(F)(F)F)ccc3s2)c(=O)c2ccccc12. The zero-order valence-corrected chi connectivity index (χ0v) is 17.0. The monoisotopic (exact) mass is 463 g/mol. The van der Waals surface area contributed by atoms with Crippen LogP contribution in [0.2, 0.25) is 0 Å². The summed E-state index contributed by atoms with van der Waals surface area (Å²) in [6.45, 7) is 1.64. The number of rotatable bonds is 5. The lowest BCUT2D eigenvalue weighted by atomic mass is 9.97. The largest absolute Gasteiger partial charge is 0.481 e. The zero-order chi connectivity index (χ0) is 22.3. The first-order valence-corrected chi connectivity index (χ1v) is 10.2. The molecule has 0 saturated heterocycles. The Kier molecular flexibility index (Phi) is 6.36. The maximum atomic E-state index is 13.0. The van der Waals surface area contributed by atoms with Gasteiger partial charge in [-0.05, 0) is 30.7 Å². The summed E-state index contributed by atoms with van der Waals surface area (Å²) in [6, 6.07) is 9.94. The number of carbonyl (C=O) groups is 1. The average Bonchev–Trinajstić information content (AvgIpc) is 3.12. The molecule has 0 radical (unpaired) electrons. The third kappa shape index (κ3) is 4.22. The highest BCUT2D eigenvalue weighted by molar-refractivity contribution is 7.18. The van der Waals surface area contributed by atoms with E-state index in [9.17, 15) is 27.9 Å². The molecule has 0 aliphatic rings. The molecule has 0 saturated carbocycles.